The Balaban J connectivity index is 4.35. The van der Waals surface area contributed by atoms with Gasteiger partial charge in [-0.25, -0.2) is 4.57 Å². The number of carboxylic acids is 1. The van der Waals surface area contributed by atoms with E-state index in [0.717, 1.165) is 70.6 Å². The minimum Gasteiger partial charge on any atom is -0.480 e. The number of allylic oxidation sites excluding steroid dienone is 12. The van der Waals surface area contributed by atoms with Crippen LogP contribution in [0, 0.1) is 0 Å². The first kappa shape index (κ1) is 52.4. The molecule has 0 fully saturated rings. The summed E-state index contributed by atoms with van der Waals surface area (Å²) in [6, 6.07) is -1.48. The molecule has 55 heavy (non-hydrogen) atoms. The standard InChI is InChI=1S/C44H76NO9P/c1-3-5-7-9-11-13-15-17-18-19-20-21-22-23-24-25-26-28-30-32-34-36-43(46)54-41(39-52-55(49,50)53-40-42(45)44(47)48)38-51-37-35-33-31-29-27-16-14-12-10-8-6-4-2/h5,7,11,13,17-18,20-21,23-24,26,28,41-42H,3-4,6,8-10,12,14-16,19,22,25,27,29-40,45H2,1-2H3,(H,47,48)(H,49,50)/b7-5-,13-11-,18-17-,21-20-,24-23-,28-26-. The van der Waals surface area contributed by atoms with Gasteiger partial charge in [-0.2, -0.15) is 0 Å². The summed E-state index contributed by atoms with van der Waals surface area (Å²) in [6.07, 6.45) is 48.1. The maximum absolute atomic E-state index is 12.6. The third-order valence-corrected chi connectivity index (χ3v) is 9.45. The van der Waals surface area contributed by atoms with Crippen molar-refractivity contribution >= 4 is 19.8 Å². The fraction of sp³-hybridized carbons (Fsp3) is 0.682. The lowest BCUT2D eigenvalue weighted by molar-refractivity contribution is -0.154. The van der Waals surface area contributed by atoms with Crippen LogP contribution in [0.5, 0.6) is 0 Å². The molecule has 0 radical (unpaired) electrons. The monoisotopic (exact) mass is 794 g/mol. The first-order valence-electron chi connectivity index (χ1n) is 21.0. The number of ether oxygens (including phenoxy) is 2. The summed E-state index contributed by atoms with van der Waals surface area (Å²) >= 11 is 0. The summed E-state index contributed by atoms with van der Waals surface area (Å²) in [5, 5.41) is 8.88. The largest absolute Gasteiger partial charge is 0.480 e. The molecule has 3 unspecified atom stereocenters. The van der Waals surface area contributed by atoms with Gasteiger partial charge in [0, 0.05) is 13.0 Å². The molecule has 0 aromatic carbocycles. The minimum atomic E-state index is -4.63. The average molecular weight is 794 g/mol. The van der Waals surface area contributed by atoms with Crippen molar-refractivity contribution in [3.63, 3.8) is 0 Å². The van der Waals surface area contributed by atoms with Crippen LogP contribution in [0.2, 0.25) is 0 Å². The summed E-state index contributed by atoms with van der Waals surface area (Å²) in [5.41, 5.74) is 5.34. The lowest BCUT2D eigenvalue weighted by Gasteiger charge is -2.20. The van der Waals surface area contributed by atoms with Gasteiger partial charge in [0.1, 0.15) is 12.1 Å². The highest BCUT2D eigenvalue weighted by Crippen LogP contribution is 2.43. The van der Waals surface area contributed by atoms with E-state index in [9.17, 15) is 19.0 Å². The highest BCUT2D eigenvalue weighted by Gasteiger charge is 2.27. The van der Waals surface area contributed by atoms with Gasteiger partial charge in [-0.15, -0.1) is 0 Å². The Labute approximate surface area is 334 Å². The van der Waals surface area contributed by atoms with E-state index in [0.29, 0.717) is 13.0 Å². The Morgan fingerprint density at radius 1 is 0.600 bits per heavy atom. The van der Waals surface area contributed by atoms with Gasteiger partial charge in [0.05, 0.1) is 19.8 Å². The predicted octanol–water partition coefficient (Wildman–Crippen LogP) is 11.4. The molecule has 4 N–H and O–H groups in total. The van der Waals surface area contributed by atoms with Crippen LogP contribution in [-0.2, 0) is 32.7 Å². The molecule has 0 rings (SSSR count). The van der Waals surface area contributed by atoms with Crippen molar-refractivity contribution in [1.29, 1.82) is 0 Å². The average Bonchev–Trinajstić information content (AvgIpc) is 3.16. The number of phosphoric acid groups is 1. The number of rotatable bonds is 39. The van der Waals surface area contributed by atoms with Crippen LogP contribution >= 0.6 is 7.82 Å². The molecule has 0 aromatic rings. The Bertz CT molecular complexity index is 1150. The van der Waals surface area contributed by atoms with Gasteiger partial charge in [-0.3, -0.25) is 18.6 Å². The topological polar surface area (TPSA) is 155 Å². The molecule has 10 nitrogen and oxygen atoms in total. The van der Waals surface area contributed by atoms with E-state index in [2.05, 4.69) is 86.8 Å². The lowest BCUT2D eigenvalue weighted by Crippen LogP contribution is -2.34. The Kier molecular flexibility index (Phi) is 37.8. The number of esters is 1. The van der Waals surface area contributed by atoms with Gasteiger partial charge in [-0.1, -0.05) is 157 Å². The van der Waals surface area contributed by atoms with Gasteiger partial charge in [-0.05, 0) is 64.2 Å². The van der Waals surface area contributed by atoms with E-state index >= 15 is 0 Å². The predicted molar refractivity (Wildman–Crippen MR) is 226 cm³/mol. The van der Waals surface area contributed by atoms with Crippen molar-refractivity contribution in [1.82, 2.24) is 0 Å². The molecule has 0 saturated heterocycles. The van der Waals surface area contributed by atoms with Gasteiger partial charge in [0.2, 0.25) is 0 Å². The molecule has 316 valence electrons. The Morgan fingerprint density at radius 3 is 1.55 bits per heavy atom. The zero-order chi connectivity index (χ0) is 40.5. The van der Waals surface area contributed by atoms with E-state index in [1.807, 2.05) is 0 Å². The van der Waals surface area contributed by atoms with Gasteiger partial charge in [0.25, 0.3) is 0 Å². The molecule has 0 bridgehead atoms. The number of unbranched alkanes of at least 4 members (excludes halogenated alkanes) is 13. The molecule has 0 heterocycles. The van der Waals surface area contributed by atoms with Crippen molar-refractivity contribution in [2.75, 3.05) is 26.4 Å². The second-order valence-corrected chi connectivity index (χ2v) is 15.2. The molecular formula is C44H76NO9P. The number of aliphatic carboxylic acids is 1. The number of nitrogens with two attached hydrogens (primary N) is 1. The Hall–Kier alpha value is -2.59. The molecule has 0 aliphatic heterocycles. The summed E-state index contributed by atoms with van der Waals surface area (Å²) in [6.45, 7) is 3.69. The van der Waals surface area contributed by atoms with Crippen molar-refractivity contribution in [2.24, 2.45) is 5.73 Å². The first-order valence-corrected chi connectivity index (χ1v) is 22.5. The summed E-state index contributed by atoms with van der Waals surface area (Å²) in [7, 11) is -4.63. The quantitative estimate of drug-likeness (QED) is 0.0237. The summed E-state index contributed by atoms with van der Waals surface area (Å²) in [4.78, 5) is 33.5. The SMILES string of the molecule is CC/C=C\C/C=C\C/C=C\C/C=C\C/C=C\C/C=C\CCCCC(=O)OC(COCCCCCCCCCCCCCC)COP(=O)(O)OCC(N)C(=O)O. The normalized spacial score (nSPS) is 14.7. The van der Waals surface area contributed by atoms with Crippen molar-refractivity contribution in [3.8, 4) is 0 Å². The zero-order valence-electron chi connectivity index (χ0n) is 34.2. The molecule has 0 aliphatic carbocycles. The smallest absolute Gasteiger partial charge is 0.472 e. The second kappa shape index (κ2) is 39.6. The van der Waals surface area contributed by atoms with E-state index in [1.54, 1.807) is 0 Å². The molecule has 0 aromatic heterocycles. The lowest BCUT2D eigenvalue weighted by atomic mass is 10.1. The molecule has 0 spiro atoms. The molecule has 3 atom stereocenters. The van der Waals surface area contributed by atoms with Crippen LogP contribution in [0.4, 0.5) is 0 Å². The molecule has 0 saturated carbocycles. The number of hydrogen-bond donors (Lipinski definition) is 3. The number of carboxylic acid groups (broad SMARTS) is 1. The van der Waals surface area contributed by atoms with Crippen molar-refractivity contribution < 1.29 is 42.7 Å². The van der Waals surface area contributed by atoms with Gasteiger partial charge in [0.15, 0.2) is 0 Å². The summed E-state index contributed by atoms with van der Waals surface area (Å²) in [5.74, 6) is -1.83. The highest BCUT2D eigenvalue weighted by atomic mass is 31.2. The second-order valence-electron chi connectivity index (χ2n) is 13.7. The molecule has 0 amide bonds. The summed E-state index contributed by atoms with van der Waals surface area (Å²) < 4.78 is 33.2. The van der Waals surface area contributed by atoms with Gasteiger partial charge >= 0.3 is 19.8 Å². The number of phosphoric ester groups is 1. The molecule has 0 aliphatic rings. The fourth-order valence-corrected chi connectivity index (χ4v) is 6.03. The van der Waals surface area contributed by atoms with Crippen LogP contribution in [0.3, 0.4) is 0 Å². The minimum absolute atomic E-state index is 0.00303. The van der Waals surface area contributed by atoms with Crippen molar-refractivity contribution in [3.05, 3.63) is 72.9 Å². The van der Waals surface area contributed by atoms with Crippen molar-refractivity contribution in [2.45, 2.75) is 167 Å². The Morgan fingerprint density at radius 2 is 1.05 bits per heavy atom. The van der Waals surface area contributed by atoms with Gasteiger partial charge < -0.3 is 25.2 Å². The van der Waals surface area contributed by atoms with E-state index in [1.165, 1.54) is 57.8 Å². The number of hydrogen-bond acceptors (Lipinski definition) is 8. The van der Waals surface area contributed by atoms with E-state index < -0.39 is 45.1 Å². The molecule has 11 heteroatoms. The maximum atomic E-state index is 12.6. The van der Waals surface area contributed by atoms with Crippen LogP contribution in [0.25, 0.3) is 0 Å². The highest BCUT2D eigenvalue weighted by molar-refractivity contribution is 7.47. The first-order chi connectivity index (χ1) is 26.7. The van der Waals surface area contributed by atoms with Crippen LogP contribution < -0.4 is 5.73 Å². The van der Waals surface area contributed by atoms with Crippen LogP contribution in [-0.4, -0.2) is 60.5 Å². The number of carbonyl (C=O) groups excluding carboxylic acids is 1. The van der Waals surface area contributed by atoms with Crippen LogP contribution in [0.15, 0.2) is 72.9 Å². The van der Waals surface area contributed by atoms with E-state index in [-0.39, 0.29) is 13.0 Å². The molecular weight excluding hydrogens is 717 g/mol. The third kappa shape index (κ3) is 39.4. The zero-order valence-corrected chi connectivity index (χ0v) is 35.1. The fourth-order valence-electron chi connectivity index (χ4n) is 5.25. The third-order valence-electron chi connectivity index (χ3n) is 8.50. The van der Waals surface area contributed by atoms with Crippen LogP contribution in [0.1, 0.15) is 155 Å². The number of carbonyl (C=O) groups is 2. The van der Waals surface area contributed by atoms with E-state index in [4.69, 9.17) is 29.4 Å². The maximum Gasteiger partial charge on any atom is 0.472 e.